The molecule has 4 heteroatoms. The van der Waals surface area contributed by atoms with E-state index >= 15 is 0 Å². The molecule has 1 fully saturated rings. The maximum Gasteiger partial charge on any atom is 0.245 e. The number of nitrogens with zero attached hydrogens (tertiary/aromatic N) is 2. The summed E-state index contributed by atoms with van der Waals surface area (Å²) in [5, 5.41) is 0. The largest absolute Gasteiger partial charge is 0.340 e. The number of hydrogen-bond acceptors (Lipinski definition) is 2. The molecule has 0 saturated carbocycles. The molecule has 0 spiro atoms. The van der Waals surface area contributed by atoms with Crippen LogP contribution in [0.3, 0.4) is 0 Å². The third-order valence-corrected chi connectivity index (χ3v) is 3.42. The molecule has 96 valence electrons. The van der Waals surface area contributed by atoms with Gasteiger partial charge in [-0.25, -0.2) is 0 Å². The summed E-state index contributed by atoms with van der Waals surface area (Å²) in [6.45, 7) is 0.582. The minimum Gasteiger partial charge on any atom is -0.340 e. The second-order valence-electron chi connectivity index (χ2n) is 4.74. The molecule has 1 aliphatic rings. The molecule has 1 aliphatic heterocycles. The standard InChI is InChI=1S/C14H18N2O2/c1-15(10-11-6-4-3-5-7-11)14(18)12-8-9-13(17)16(12)2/h3-7,12H,8-10H2,1-2H3. The Labute approximate surface area is 107 Å². The summed E-state index contributed by atoms with van der Waals surface area (Å²) in [4.78, 5) is 26.9. The Balaban J connectivity index is 1.99. The predicted molar refractivity (Wildman–Crippen MR) is 68.7 cm³/mol. The fraction of sp³-hybridized carbons (Fsp3) is 0.429. The van der Waals surface area contributed by atoms with Gasteiger partial charge in [-0.3, -0.25) is 9.59 Å². The second kappa shape index (κ2) is 5.21. The molecule has 0 aliphatic carbocycles. The summed E-state index contributed by atoms with van der Waals surface area (Å²) in [7, 11) is 3.49. The molecule has 0 aromatic heterocycles. The van der Waals surface area contributed by atoms with Gasteiger partial charge in [0, 0.05) is 27.1 Å². The number of carbonyl (C=O) groups is 2. The highest BCUT2D eigenvalue weighted by molar-refractivity contribution is 5.90. The quantitative estimate of drug-likeness (QED) is 0.805. The van der Waals surface area contributed by atoms with Crippen LogP contribution in [-0.2, 0) is 16.1 Å². The highest BCUT2D eigenvalue weighted by atomic mass is 16.2. The molecule has 18 heavy (non-hydrogen) atoms. The predicted octanol–water partition coefficient (Wildman–Crippen LogP) is 1.27. The van der Waals surface area contributed by atoms with E-state index in [0.29, 0.717) is 19.4 Å². The van der Waals surface area contributed by atoms with Gasteiger partial charge in [0.05, 0.1) is 0 Å². The highest BCUT2D eigenvalue weighted by Gasteiger charge is 2.34. The first kappa shape index (κ1) is 12.6. The van der Waals surface area contributed by atoms with E-state index in [2.05, 4.69) is 0 Å². The highest BCUT2D eigenvalue weighted by Crippen LogP contribution is 2.18. The van der Waals surface area contributed by atoms with E-state index in [1.807, 2.05) is 30.3 Å². The minimum absolute atomic E-state index is 0.0206. The lowest BCUT2D eigenvalue weighted by Gasteiger charge is -2.25. The minimum atomic E-state index is -0.286. The Morgan fingerprint density at radius 3 is 2.61 bits per heavy atom. The normalized spacial score (nSPS) is 19.1. The van der Waals surface area contributed by atoms with Crippen LogP contribution in [0.5, 0.6) is 0 Å². The molecule has 1 atom stereocenters. The van der Waals surface area contributed by atoms with E-state index in [0.717, 1.165) is 5.56 Å². The van der Waals surface area contributed by atoms with Crippen molar-refractivity contribution in [2.45, 2.75) is 25.4 Å². The summed E-state index contributed by atoms with van der Waals surface area (Å²) in [5.41, 5.74) is 1.10. The van der Waals surface area contributed by atoms with E-state index in [1.165, 1.54) is 0 Å². The molecule has 1 saturated heterocycles. The second-order valence-corrected chi connectivity index (χ2v) is 4.74. The lowest BCUT2D eigenvalue weighted by Crippen LogP contribution is -2.43. The third kappa shape index (κ3) is 2.53. The molecule has 2 rings (SSSR count). The number of likely N-dealkylation sites (N-methyl/N-ethyl adjacent to an activating group) is 2. The third-order valence-electron chi connectivity index (χ3n) is 3.42. The van der Waals surface area contributed by atoms with Crippen molar-refractivity contribution in [1.29, 1.82) is 0 Å². The molecular weight excluding hydrogens is 228 g/mol. The van der Waals surface area contributed by atoms with E-state index in [4.69, 9.17) is 0 Å². The van der Waals surface area contributed by atoms with Crippen LogP contribution in [0.1, 0.15) is 18.4 Å². The topological polar surface area (TPSA) is 40.6 Å². The molecule has 1 aromatic carbocycles. The van der Waals surface area contributed by atoms with Crippen molar-refractivity contribution in [2.75, 3.05) is 14.1 Å². The van der Waals surface area contributed by atoms with Crippen LogP contribution in [0, 0.1) is 0 Å². The zero-order valence-corrected chi connectivity index (χ0v) is 10.8. The van der Waals surface area contributed by atoms with Gasteiger partial charge < -0.3 is 9.80 Å². The fourth-order valence-electron chi connectivity index (χ4n) is 2.28. The fourth-order valence-corrected chi connectivity index (χ4v) is 2.28. The van der Waals surface area contributed by atoms with Crippen molar-refractivity contribution < 1.29 is 9.59 Å². The van der Waals surface area contributed by atoms with Crippen molar-refractivity contribution in [2.24, 2.45) is 0 Å². The van der Waals surface area contributed by atoms with Gasteiger partial charge in [0.2, 0.25) is 11.8 Å². The lowest BCUT2D eigenvalue weighted by molar-refractivity contribution is -0.139. The van der Waals surface area contributed by atoms with E-state index in [9.17, 15) is 9.59 Å². The molecule has 0 bridgehead atoms. The SMILES string of the molecule is CN(Cc1ccccc1)C(=O)C1CCC(=O)N1C. The van der Waals surface area contributed by atoms with Crippen molar-refractivity contribution in [3.8, 4) is 0 Å². The zero-order chi connectivity index (χ0) is 13.1. The average molecular weight is 246 g/mol. The van der Waals surface area contributed by atoms with E-state index in [-0.39, 0.29) is 17.9 Å². The zero-order valence-electron chi connectivity index (χ0n) is 10.8. The van der Waals surface area contributed by atoms with Gasteiger partial charge in [0.25, 0.3) is 0 Å². The van der Waals surface area contributed by atoms with Crippen molar-refractivity contribution in [1.82, 2.24) is 9.80 Å². The Bertz CT molecular complexity index is 444. The first-order valence-corrected chi connectivity index (χ1v) is 6.14. The van der Waals surface area contributed by atoms with Gasteiger partial charge in [0.1, 0.15) is 6.04 Å². The van der Waals surface area contributed by atoms with Gasteiger partial charge in [-0.15, -0.1) is 0 Å². The first-order chi connectivity index (χ1) is 8.59. The summed E-state index contributed by atoms with van der Waals surface area (Å²) in [5.74, 6) is 0.0775. The number of carbonyl (C=O) groups excluding carboxylic acids is 2. The maximum atomic E-state index is 12.2. The van der Waals surface area contributed by atoms with Crippen LogP contribution in [0.4, 0.5) is 0 Å². The summed E-state index contributed by atoms with van der Waals surface area (Å²) >= 11 is 0. The number of benzene rings is 1. The summed E-state index contributed by atoms with van der Waals surface area (Å²) < 4.78 is 0. The van der Waals surface area contributed by atoms with Gasteiger partial charge in [-0.2, -0.15) is 0 Å². The summed E-state index contributed by atoms with van der Waals surface area (Å²) in [6.07, 6.45) is 1.11. The van der Waals surface area contributed by atoms with E-state index < -0.39 is 0 Å². The van der Waals surface area contributed by atoms with Crippen molar-refractivity contribution in [3.05, 3.63) is 35.9 Å². The van der Waals surface area contributed by atoms with Gasteiger partial charge in [-0.05, 0) is 12.0 Å². The molecular formula is C14H18N2O2. The first-order valence-electron chi connectivity index (χ1n) is 6.14. The average Bonchev–Trinajstić information content (AvgIpc) is 2.70. The van der Waals surface area contributed by atoms with Crippen LogP contribution in [-0.4, -0.2) is 41.8 Å². The van der Waals surface area contributed by atoms with Gasteiger partial charge in [-0.1, -0.05) is 30.3 Å². The number of rotatable bonds is 3. The molecule has 1 unspecified atom stereocenters. The Morgan fingerprint density at radius 2 is 2.06 bits per heavy atom. The molecule has 1 aromatic rings. The monoisotopic (exact) mass is 246 g/mol. The van der Waals surface area contributed by atoms with Crippen LogP contribution >= 0.6 is 0 Å². The van der Waals surface area contributed by atoms with Crippen LogP contribution in [0.15, 0.2) is 30.3 Å². The molecule has 0 N–H and O–H groups in total. The Morgan fingerprint density at radius 1 is 1.39 bits per heavy atom. The molecule has 1 heterocycles. The van der Waals surface area contributed by atoms with Gasteiger partial charge in [0.15, 0.2) is 0 Å². The number of hydrogen-bond donors (Lipinski definition) is 0. The molecule has 0 radical (unpaired) electrons. The molecule has 2 amide bonds. The van der Waals surface area contributed by atoms with Crippen LogP contribution in [0.25, 0.3) is 0 Å². The number of amides is 2. The van der Waals surface area contributed by atoms with Crippen molar-refractivity contribution >= 4 is 11.8 Å². The van der Waals surface area contributed by atoms with Crippen LogP contribution in [0.2, 0.25) is 0 Å². The van der Waals surface area contributed by atoms with Gasteiger partial charge >= 0.3 is 0 Å². The Hall–Kier alpha value is -1.84. The maximum absolute atomic E-state index is 12.2. The summed E-state index contributed by atoms with van der Waals surface area (Å²) in [6, 6.07) is 9.57. The van der Waals surface area contributed by atoms with Crippen molar-refractivity contribution in [3.63, 3.8) is 0 Å². The Kier molecular flexibility index (Phi) is 3.65. The lowest BCUT2D eigenvalue weighted by atomic mass is 10.1. The smallest absolute Gasteiger partial charge is 0.245 e. The van der Waals surface area contributed by atoms with Crippen LogP contribution < -0.4 is 0 Å². The molecule has 4 nitrogen and oxygen atoms in total. The van der Waals surface area contributed by atoms with E-state index in [1.54, 1.807) is 23.9 Å². The number of likely N-dealkylation sites (tertiary alicyclic amines) is 1.